The van der Waals surface area contributed by atoms with Crippen molar-refractivity contribution in [3.8, 4) is 5.75 Å². The van der Waals surface area contributed by atoms with E-state index in [0.29, 0.717) is 29.2 Å². The number of carbonyl (C=O) groups excluding carboxylic acids is 1. The van der Waals surface area contributed by atoms with Crippen LogP contribution in [0, 0.1) is 5.92 Å². The summed E-state index contributed by atoms with van der Waals surface area (Å²) in [5.74, 6) is 1.46. The van der Waals surface area contributed by atoms with E-state index in [2.05, 4.69) is 24.3 Å². The van der Waals surface area contributed by atoms with Gasteiger partial charge in [0.25, 0.3) is 5.91 Å². The molecule has 11 heteroatoms. The van der Waals surface area contributed by atoms with Gasteiger partial charge in [0.15, 0.2) is 5.84 Å². The molecule has 1 atom stereocenters. The maximum absolute atomic E-state index is 12.6. The number of hydrogen-bond acceptors (Lipinski definition) is 7. The van der Waals surface area contributed by atoms with Crippen LogP contribution in [0.2, 0.25) is 0 Å². The predicted octanol–water partition coefficient (Wildman–Crippen LogP) is 2.82. The van der Waals surface area contributed by atoms with Crippen molar-refractivity contribution in [2.75, 3.05) is 29.3 Å². The Bertz CT molecular complexity index is 1240. The lowest BCUT2D eigenvalue weighted by atomic mass is 9.95. The molecule has 2 fully saturated rings. The van der Waals surface area contributed by atoms with Crippen LogP contribution in [0.4, 0.5) is 11.5 Å². The van der Waals surface area contributed by atoms with E-state index in [1.165, 1.54) is 19.3 Å². The van der Waals surface area contributed by atoms with Gasteiger partial charge in [-0.1, -0.05) is 25.3 Å². The van der Waals surface area contributed by atoms with Crippen LogP contribution in [0.25, 0.3) is 0 Å². The molecular formula is C25H32N6O4S. The predicted molar refractivity (Wildman–Crippen MR) is 139 cm³/mol. The Morgan fingerprint density at radius 2 is 1.97 bits per heavy atom. The van der Waals surface area contributed by atoms with Crippen LogP contribution in [0.5, 0.6) is 5.75 Å². The quantitative estimate of drug-likeness (QED) is 0.541. The van der Waals surface area contributed by atoms with Gasteiger partial charge in [-0.2, -0.15) is 8.42 Å². The SMILES string of the molecule is NC1=NS(=O)(=O)Nc2cccc(OC[C@H]3CCCN(c4ccc(C(=O)NC5CCCCC5)cn4)C3)c21. The summed E-state index contributed by atoms with van der Waals surface area (Å²) in [5.41, 5.74) is 7.33. The minimum Gasteiger partial charge on any atom is -0.492 e. The second-order valence-electron chi connectivity index (χ2n) is 9.71. The van der Waals surface area contributed by atoms with Gasteiger partial charge in [-0.15, -0.1) is 4.40 Å². The zero-order chi connectivity index (χ0) is 25.1. The van der Waals surface area contributed by atoms with Gasteiger partial charge in [-0.3, -0.25) is 9.52 Å². The number of ether oxygens (including phenoxy) is 1. The molecule has 192 valence electrons. The van der Waals surface area contributed by atoms with E-state index >= 15 is 0 Å². The average molecular weight is 513 g/mol. The smallest absolute Gasteiger partial charge is 0.344 e. The van der Waals surface area contributed by atoms with Crippen LogP contribution in [0.15, 0.2) is 40.9 Å². The molecule has 1 amide bonds. The van der Waals surface area contributed by atoms with Gasteiger partial charge in [-0.05, 0) is 49.9 Å². The molecule has 10 nitrogen and oxygen atoms in total. The van der Waals surface area contributed by atoms with Crippen molar-refractivity contribution >= 4 is 33.5 Å². The molecule has 0 unspecified atom stereocenters. The summed E-state index contributed by atoms with van der Waals surface area (Å²) in [6.07, 6.45) is 9.36. The highest BCUT2D eigenvalue weighted by atomic mass is 32.2. The molecule has 0 radical (unpaired) electrons. The highest BCUT2D eigenvalue weighted by molar-refractivity contribution is 7.91. The van der Waals surface area contributed by atoms with Gasteiger partial charge in [0.1, 0.15) is 11.6 Å². The third kappa shape index (κ3) is 5.56. The number of fused-ring (bicyclic) bond motifs is 1. The first-order valence-corrected chi connectivity index (χ1v) is 14.0. The second-order valence-corrected chi connectivity index (χ2v) is 11.0. The summed E-state index contributed by atoms with van der Waals surface area (Å²) in [5, 5.41) is 3.14. The number of hydrogen-bond donors (Lipinski definition) is 3. The normalized spacial score (nSPS) is 21.6. The van der Waals surface area contributed by atoms with E-state index in [0.717, 1.165) is 44.6 Å². The molecule has 2 aromatic rings. The molecule has 2 aliphatic heterocycles. The van der Waals surface area contributed by atoms with Gasteiger partial charge in [0.2, 0.25) is 0 Å². The van der Waals surface area contributed by atoms with Gasteiger partial charge in [0.05, 0.1) is 23.4 Å². The Hall–Kier alpha value is -3.34. The number of nitrogens with two attached hydrogens (primary N) is 1. The Labute approximate surface area is 211 Å². The molecule has 3 heterocycles. The molecule has 4 N–H and O–H groups in total. The third-order valence-electron chi connectivity index (χ3n) is 7.01. The number of anilines is 2. The Kier molecular flexibility index (Phi) is 6.99. The number of benzene rings is 1. The molecule has 0 bridgehead atoms. The fourth-order valence-corrected chi connectivity index (χ4v) is 6.02. The topological polar surface area (TPSA) is 139 Å². The van der Waals surface area contributed by atoms with E-state index in [-0.39, 0.29) is 23.7 Å². The molecule has 1 saturated heterocycles. The minimum absolute atomic E-state index is 0.0535. The largest absolute Gasteiger partial charge is 0.492 e. The van der Waals surface area contributed by atoms with Gasteiger partial charge >= 0.3 is 10.2 Å². The minimum atomic E-state index is -3.83. The third-order valence-corrected chi connectivity index (χ3v) is 7.92. The van der Waals surface area contributed by atoms with E-state index in [9.17, 15) is 13.2 Å². The number of amidine groups is 1. The molecule has 0 spiro atoms. The second kappa shape index (κ2) is 10.3. The summed E-state index contributed by atoms with van der Waals surface area (Å²) in [6.45, 7) is 2.11. The van der Waals surface area contributed by atoms with E-state index in [1.807, 2.05) is 12.1 Å². The number of carbonyl (C=O) groups is 1. The number of piperidine rings is 1. The first-order valence-electron chi connectivity index (χ1n) is 12.5. The molecule has 3 aliphatic rings. The van der Waals surface area contributed by atoms with Gasteiger partial charge in [0, 0.05) is 31.2 Å². The summed E-state index contributed by atoms with van der Waals surface area (Å²) < 4.78 is 35.6. The molecule has 1 aliphatic carbocycles. The lowest BCUT2D eigenvalue weighted by Crippen LogP contribution is -2.38. The Morgan fingerprint density at radius 1 is 1.14 bits per heavy atom. The van der Waals surface area contributed by atoms with Crippen molar-refractivity contribution in [3.63, 3.8) is 0 Å². The van der Waals surface area contributed by atoms with Crippen LogP contribution >= 0.6 is 0 Å². The molecule has 1 aromatic carbocycles. The van der Waals surface area contributed by atoms with Crippen LogP contribution in [-0.2, 0) is 10.2 Å². The van der Waals surface area contributed by atoms with Crippen molar-refractivity contribution in [1.82, 2.24) is 10.3 Å². The highest BCUT2D eigenvalue weighted by Gasteiger charge is 2.26. The number of amides is 1. The summed E-state index contributed by atoms with van der Waals surface area (Å²) >= 11 is 0. The molecular weight excluding hydrogens is 480 g/mol. The molecule has 36 heavy (non-hydrogen) atoms. The first-order chi connectivity index (χ1) is 17.4. The van der Waals surface area contributed by atoms with E-state index < -0.39 is 10.2 Å². The lowest BCUT2D eigenvalue weighted by Gasteiger charge is -2.33. The summed E-state index contributed by atoms with van der Waals surface area (Å²) in [4.78, 5) is 19.4. The fraction of sp³-hybridized carbons (Fsp3) is 0.480. The fourth-order valence-electron chi connectivity index (χ4n) is 5.18. The van der Waals surface area contributed by atoms with Crippen molar-refractivity contribution in [2.45, 2.75) is 51.0 Å². The molecule has 1 aromatic heterocycles. The zero-order valence-electron chi connectivity index (χ0n) is 20.2. The van der Waals surface area contributed by atoms with E-state index in [4.69, 9.17) is 10.5 Å². The van der Waals surface area contributed by atoms with Crippen LogP contribution < -0.4 is 25.4 Å². The van der Waals surface area contributed by atoms with Crippen LogP contribution in [0.1, 0.15) is 60.9 Å². The standard InChI is InChI=1S/C25H32N6O4S/c26-24-23-20(29-36(33,34)30-24)9-4-10-21(23)35-16-17-6-5-13-31(15-17)22-12-11-18(14-27-22)25(32)28-19-7-2-1-3-8-19/h4,9-12,14,17,19,29H,1-3,5-8,13,15-16H2,(H2,26,30)(H,28,32)/t17-/m0/s1. The number of nitrogens with one attached hydrogen (secondary N) is 2. The number of nitrogens with zero attached hydrogens (tertiary/aromatic N) is 3. The lowest BCUT2D eigenvalue weighted by molar-refractivity contribution is 0.0927. The monoisotopic (exact) mass is 512 g/mol. The van der Waals surface area contributed by atoms with Crippen LogP contribution in [-0.4, -0.2) is 50.9 Å². The van der Waals surface area contributed by atoms with Crippen molar-refractivity contribution in [2.24, 2.45) is 16.0 Å². The molecule has 5 rings (SSSR count). The molecule has 1 saturated carbocycles. The highest BCUT2D eigenvalue weighted by Crippen LogP contribution is 2.31. The summed E-state index contributed by atoms with van der Waals surface area (Å²) in [7, 11) is -3.83. The Morgan fingerprint density at radius 3 is 2.75 bits per heavy atom. The number of pyridine rings is 1. The van der Waals surface area contributed by atoms with Crippen LogP contribution in [0.3, 0.4) is 0 Å². The van der Waals surface area contributed by atoms with Gasteiger partial charge in [-0.25, -0.2) is 4.98 Å². The van der Waals surface area contributed by atoms with Crippen molar-refractivity contribution in [1.29, 1.82) is 0 Å². The summed E-state index contributed by atoms with van der Waals surface area (Å²) in [6, 6.07) is 9.15. The van der Waals surface area contributed by atoms with Gasteiger partial charge < -0.3 is 20.7 Å². The van der Waals surface area contributed by atoms with Crippen molar-refractivity contribution in [3.05, 3.63) is 47.7 Å². The Balaban J connectivity index is 1.19. The number of rotatable bonds is 6. The zero-order valence-corrected chi connectivity index (χ0v) is 21.0. The maximum atomic E-state index is 12.6. The maximum Gasteiger partial charge on any atom is 0.344 e. The first kappa shape index (κ1) is 24.4. The average Bonchev–Trinajstić information content (AvgIpc) is 2.87. The number of aromatic nitrogens is 1. The van der Waals surface area contributed by atoms with Crippen molar-refractivity contribution < 1.29 is 17.9 Å². The van der Waals surface area contributed by atoms with E-state index in [1.54, 1.807) is 24.4 Å².